The molecule has 184 valence electrons. The minimum absolute atomic E-state index is 0.00106. The molecule has 37 heavy (non-hydrogen) atoms. The van der Waals surface area contributed by atoms with Gasteiger partial charge in [-0.3, -0.25) is 14.8 Å². The minimum atomic E-state index is 0.00106. The van der Waals surface area contributed by atoms with Gasteiger partial charge in [-0.25, -0.2) is 9.50 Å². The predicted octanol–water partition coefficient (Wildman–Crippen LogP) is 4.95. The summed E-state index contributed by atoms with van der Waals surface area (Å²) >= 11 is 0. The Morgan fingerprint density at radius 3 is 2.57 bits per heavy atom. The standard InChI is InChI=1S/C29H26N6O2/c1-20(36)10-11-25(37)16-21-15-23(18-30-17-21)28-33-29(32-19-24-9-5-6-13-31-24)27-26(12-14-35(27)34-28)22-7-3-2-4-8-22/h2-9,12-15,17-18H,10-11,16,19H2,1H3,(H,32,33,34). The summed E-state index contributed by atoms with van der Waals surface area (Å²) in [5.74, 6) is 1.16. The molecule has 0 aliphatic rings. The number of anilines is 1. The Kier molecular flexibility index (Phi) is 7.07. The van der Waals surface area contributed by atoms with Gasteiger partial charge in [0.2, 0.25) is 0 Å². The number of rotatable bonds is 10. The lowest BCUT2D eigenvalue weighted by molar-refractivity contribution is -0.122. The van der Waals surface area contributed by atoms with Crippen LogP contribution < -0.4 is 5.32 Å². The molecule has 0 unspecified atom stereocenters. The molecule has 5 aromatic rings. The van der Waals surface area contributed by atoms with Crippen LogP contribution in [0.3, 0.4) is 0 Å². The van der Waals surface area contributed by atoms with Crippen LogP contribution in [0.5, 0.6) is 0 Å². The highest BCUT2D eigenvalue weighted by Crippen LogP contribution is 2.31. The lowest BCUT2D eigenvalue weighted by atomic mass is 10.0. The number of ketones is 2. The first-order chi connectivity index (χ1) is 18.1. The van der Waals surface area contributed by atoms with E-state index in [9.17, 15) is 9.59 Å². The molecule has 1 aromatic carbocycles. The van der Waals surface area contributed by atoms with Crippen LogP contribution in [0.4, 0.5) is 5.82 Å². The first-order valence-corrected chi connectivity index (χ1v) is 12.1. The topological polar surface area (TPSA) is 102 Å². The minimum Gasteiger partial charge on any atom is -0.363 e. The first kappa shape index (κ1) is 24.0. The fourth-order valence-corrected chi connectivity index (χ4v) is 4.14. The number of aromatic nitrogens is 5. The zero-order valence-electron chi connectivity index (χ0n) is 20.5. The molecule has 0 bridgehead atoms. The van der Waals surface area contributed by atoms with Crippen LogP contribution >= 0.6 is 0 Å². The van der Waals surface area contributed by atoms with Crippen molar-refractivity contribution in [1.82, 2.24) is 24.6 Å². The number of fused-ring (bicyclic) bond motifs is 1. The molecular formula is C29H26N6O2. The average molecular weight is 491 g/mol. The second-order valence-corrected chi connectivity index (χ2v) is 8.85. The second kappa shape index (κ2) is 10.9. The quantitative estimate of drug-likeness (QED) is 0.296. The van der Waals surface area contributed by atoms with Crippen molar-refractivity contribution in [2.75, 3.05) is 5.32 Å². The van der Waals surface area contributed by atoms with Crippen molar-refractivity contribution in [3.63, 3.8) is 0 Å². The molecule has 0 fully saturated rings. The predicted molar refractivity (Wildman–Crippen MR) is 142 cm³/mol. The highest BCUT2D eigenvalue weighted by Gasteiger charge is 2.16. The zero-order chi connectivity index (χ0) is 25.6. The average Bonchev–Trinajstić information content (AvgIpc) is 3.36. The fourth-order valence-electron chi connectivity index (χ4n) is 4.14. The van der Waals surface area contributed by atoms with E-state index in [2.05, 4.69) is 27.4 Å². The maximum absolute atomic E-state index is 12.3. The van der Waals surface area contributed by atoms with Crippen LogP contribution in [0, 0.1) is 0 Å². The van der Waals surface area contributed by atoms with Gasteiger partial charge in [0.1, 0.15) is 17.1 Å². The molecule has 0 aliphatic heterocycles. The van der Waals surface area contributed by atoms with Gasteiger partial charge in [0, 0.05) is 55.2 Å². The van der Waals surface area contributed by atoms with Crippen molar-refractivity contribution in [3.05, 3.63) is 96.7 Å². The Morgan fingerprint density at radius 2 is 1.78 bits per heavy atom. The molecule has 0 saturated heterocycles. The number of Topliss-reactive ketones (excluding diaryl/α,β-unsaturated/α-hetero) is 2. The largest absolute Gasteiger partial charge is 0.363 e. The third-order valence-electron chi connectivity index (χ3n) is 5.97. The number of carbonyl (C=O) groups excluding carboxylic acids is 2. The van der Waals surface area contributed by atoms with Gasteiger partial charge >= 0.3 is 0 Å². The van der Waals surface area contributed by atoms with Crippen LogP contribution in [0.25, 0.3) is 28.0 Å². The van der Waals surface area contributed by atoms with Gasteiger partial charge in [0.15, 0.2) is 11.6 Å². The maximum atomic E-state index is 12.3. The molecule has 0 radical (unpaired) electrons. The smallest absolute Gasteiger partial charge is 0.183 e. The highest BCUT2D eigenvalue weighted by atomic mass is 16.1. The summed E-state index contributed by atoms with van der Waals surface area (Å²) in [7, 11) is 0. The third kappa shape index (κ3) is 5.75. The molecule has 0 amide bonds. The monoisotopic (exact) mass is 490 g/mol. The van der Waals surface area contributed by atoms with Gasteiger partial charge in [0.05, 0.1) is 12.2 Å². The highest BCUT2D eigenvalue weighted by molar-refractivity contribution is 5.89. The lowest BCUT2D eigenvalue weighted by Gasteiger charge is -2.12. The van der Waals surface area contributed by atoms with E-state index < -0.39 is 0 Å². The summed E-state index contributed by atoms with van der Waals surface area (Å²) in [5.41, 5.74) is 5.29. The van der Waals surface area contributed by atoms with Crippen molar-refractivity contribution in [2.45, 2.75) is 32.7 Å². The molecule has 4 heterocycles. The molecule has 4 aromatic heterocycles. The number of hydrogen-bond donors (Lipinski definition) is 1. The number of hydrogen-bond acceptors (Lipinski definition) is 7. The van der Waals surface area contributed by atoms with E-state index in [1.54, 1.807) is 18.6 Å². The van der Waals surface area contributed by atoms with Crippen molar-refractivity contribution >= 4 is 22.9 Å². The van der Waals surface area contributed by atoms with Crippen LogP contribution in [0.15, 0.2) is 85.5 Å². The van der Waals surface area contributed by atoms with Crippen molar-refractivity contribution in [3.8, 4) is 22.5 Å². The van der Waals surface area contributed by atoms with E-state index in [4.69, 9.17) is 10.1 Å². The molecule has 0 saturated carbocycles. The Bertz CT molecular complexity index is 1550. The van der Waals surface area contributed by atoms with E-state index in [0.717, 1.165) is 27.9 Å². The Balaban J connectivity index is 1.51. The summed E-state index contributed by atoms with van der Waals surface area (Å²) in [6, 6.07) is 19.8. The Labute approximate surface area is 214 Å². The maximum Gasteiger partial charge on any atom is 0.183 e. The van der Waals surface area contributed by atoms with Gasteiger partial charge in [0.25, 0.3) is 0 Å². The summed E-state index contributed by atoms with van der Waals surface area (Å²) in [6.45, 7) is 1.99. The molecule has 0 spiro atoms. The van der Waals surface area contributed by atoms with E-state index in [1.165, 1.54) is 6.92 Å². The SMILES string of the molecule is CC(=O)CCC(=O)Cc1cncc(-c2nc(NCc3ccccn3)c3c(-c4ccccc4)ccn3n2)c1. The summed E-state index contributed by atoms with van der Waals surface area (Å²) in [5, 5.41) is 8.21. The number of nitrogens with one attached hydrogen (secondary N) is 1. The van der Waals surface area contributed by atoms with E-state index in [-0.39, 0.29) is 30.8 Å². The van der Waals surface area contributed by atoms with E-state index in [0.29, 0.717) is 23.8 Å². The lowest BCUT2D eigenvalue weighted by Crippen LogP contribution is -2.08. The fraction of sp³-hybridized carbons (Fsp3) is 0.172. The summed E-state index contributed by atoms with van der Waals surface area (Å²) in [4.78, 5) is 37.2. The Hall–Kier alpha value is -4.72. The van der Waals surface area contributed by atoms with Crippen molar-refractivity contribution in [1.29, 1.82) is 0 Å². The number of nitrogens with zero attached hydrogens (tertiary/aromatic N) is 5. The Morgan fingerprint density at radius 1 is 0.946 bits per heavy atom. The van der Waals surface area contributed by atoms with Gasteiger partial charge in [-0.05, 0) is 42.3 Å². The molecule has 8 heteroatoms. The molecule has 5 rings (SSSR count). The summed E-state index contributed by atoms with van der Waals surface area (Å²) < 4.78 is 1.82. The zero-order valence-corrected chi connectivity index (χ0v) is 20.5. The van der Waals surface area contributed by atoms with Crippen LogP contribution in [0.1, 0.15) is 31.0 Å². The van der Waals surface area contributed by atoms with Crippen LogP contribution in [-0.4, -0.2) is 36.1 Å². The molecule has 8 nitrogen and oxygen atoms in total. The summed E-state index contributed by atoms with van der Waals surface area (Å²) in [6.07, 6.45) is 7.73. The van der Waals surface area contributed by atoms with E-state index in [1.807, 2.05) is 59.2 Å². The van der Waals surface area contributed by atoms with Gasteiger partial charge in [-0.15, -0.1) is 5.10 Å². The normalized spacial score (nSPS) is 10.9. The van der Waals surface area contributed by atoms with E-state index >= 15 is 0 Å². The van der Waals surface area contributed by atoms with Gasteiger partial charge in [-0.1, -0.05) is 36.4 Å². The number of benzene rings is 1. The van der Waals surface area contributed by atoms with Crippen LogP contribution in [0.2, 0.25) is 0 Å². The van der Waals surface area contributed by atoms with Crippen molar-refractivity contribution < 1.29 is 9.59 Å². The van der Waals surface area contributed by atoms with Crippen LogP contribution in [-0.2, 0) is 22.6 Å². The molecule has 1 N–H and O–H groups in total. The third-order valence-corrected chi connectivity index (χ3v) is 5.97. The van der Waals surface area contributed by atoms with Crippen molar-refractivity contribution in [2.24, 2.45) is 0 Å². The number of carbonyl (C=O) groups is 2. The molecular weight excluding hydrogens is 464 g/mol. The second-order valence-electron chi connectivity index (χ2n) is 8.85. The van der Waals surface area contributed by atoms with Gasteiger partial charge in [-0.2, -0.15) is 0 Å². The number of pyridine rings is 2. The molecule has 0 atom stereocenters. The molecule has 0 aliphatic carbocycles. The first-order valence-electron chi connectivity index (χ1n) is 12.1. The van der Waals surface area contributed by atoms with Gasteiger partial charge < -0.3 is 10.1 Å².